The summed E-state index contributed by atoms with van der Waals surface area (Å²) >= 11 is 0. The van der Waals surface area contributed by atoms with E-state index < -0.39 is 0 Å². The highest BCUT2D eigenvalue weighted by molar-refractivity contribution is 5.60. The van der Waals surface area contributed by atoms with E-state index in [1.807, 2.05) is 0 Å². The maximum atomic E-state index is 4.80. The Morgan fingerprint density at radius 3 is 2.38 bits per heavy atom. The Morgan fingerprint density at radius 2 is 1.76 bits per heavy atom. The van der Waals surface area contributed by atoms with E-state index in [2.05, 4.69) is 50.4 Å². The summed E-state index contributed by atoms with van der Waals surface area (Å²) in [7, 11) is 0. The second-order valence-electron chi connectivity index (χ2n) is 6.08. The third-order valence-electron chi connectivity index (χ3n) is 3.78. The van der Waals surface area contributed by atoms with Crippen molar-refractivity contribution in [3.8, 4) is 11.4 Å². The molecule has 21 heavy (non-hydrogen) atoms. The maximum absolute atomic E-state index is 4.80. The normalized spacial score (nSPS) is 14.2. The number of benzene rings is 1. The van der Waals surface area contributed by atoms with Crippen molar-refractivity contribution in [3.05, 3.63) is 41.1 Å². The lowest BCUT2D eigenvalue weighted by Crippen LogP contribution is -2.05. The molecular formula is C18H23N3. The number of hydrogen-bond acceptors (Lipinski definition) is 3. The van der Waals surface area contributed by atoms with Crippen LogP contribution in [0.5, 0.6) is 0 Å². The highest BCUT2D eigenvalue weighted by Gasteiger charge is 2.26. The lowest BCUT2D eigenvalue weighted by molar-refractivity contribution is 0.948. The molecule has 1 aliphatic rings. The van der Waals surface area contributed by atoms with Gasteiger partial charge in [-0.3, -0.25) is 0 Å². The topological polar surface area (TPSA) is 37.8 Å². The summed E-state index contributed by atoms with van der Waals surface area (Å²) in [6.45, 7) is 7.36. The highest BCUT2D eigenvalue weighted by atomic mass is 15.0. The van der Waals surface area contributed by atoms with Crippen LogP contribution in [0.4, 0.5) is 5.82 Å². The lowest BCUT2D eigenvalue weighted by atomic mass is 10.1. The van der Waals surface area contributed by atoms with Gasteiger partial charge >= 0.3 is 0 Å². The second-order valence-corrected chi connectivity index (χ2v) is 6.08. The van der Waals surface area contributed by atoms with Crippen LogP contribution >= 0.6 is 0 Å². The van der Waals surface area contributed by atoms with Crippen LogP contribution in [0.2, 0.25) is 0 Å². The average Bonchev–Trinajstić information content (AvgIpc) is 3.28. The van der Waals surface area contributed by atoms with Crippen molar-refractivity contribution in [2.24, 2.45) is 0 Å². The Bertz CT molecular complexity index is 625. The van der Waals surface area contributed by atoms with Crippen LogP contribution in [0, 0.1) is 13.8 Å². The molecule has 1 heterocycles. The fourth-order valence-corrected chi connectivity index (χ4v) is 2.63. The molecule has 3 nitrogen and oxygen atoms in total. The quantitative estimate of drug-likeness (QED) is 0.879. The molecule has 0 radical (unpaired) electrons. The van der Waals surface area contributed by atoms with Gasteiger partial charge in [-0.25, -0.2) is 9.97 Å². The summed E-state index contributed by atoms with van der Waals surface area (Å²) in [6.07, 6.45) is 3.62. The van der Waals surface area contributed by atoms with Crippen LogP contribution in [0.1, 0.15) is 48.9 Å². The van der Waals surface area contributed by atoms with Crippen LogP contribution in [0.25, 0.3) is 11.4 Å². The Hall–Kier alpha value is -1.90. The van der Waals surface area contributed by atoms with E-state index in [9.17, 15) is 0 Å². The van der Waals surface area contributed by atoms with Crippen molar-refractivity contribution >= 4 is 5.82 Å². The SMILES string of the molecule is CCCNc1cc(C2CC2)nc(-c2cc(C)cc(C)c2)n1. The molecule has 0 atom stereocenters. The molecule has 1 aromatic heterocycles. The molecular weight excluding hydrogens is 258 g/mol. The van der Waals surface area contributed by atoms with Gasteiger partial charge in [0.05, 0.1) is 0 Å². The number of aryl methyl sites for hydroxylation is 2. The molecule has 0 saturated heterocycles. The molecule has 110 valence electrons. The standard InChI is InChI=1S/C18H23N3/c1-4-7-19-17-11-16(14-5-6-14)20-18(21-17)15-9-12(2)8-13(3)10-15/h8-11,14H,4-7H2,1-3H3,(H,19,20,21). The number of nitrogens with one attached hydrogen (secondary N) is 1. The van der Waals surface area contributed by atoms with Gasteiger partial charge in [0.25, 0.3) is 0 Å². The summed E-state index contributed by atoms with van der Waals surface area (Å²) < 4.78 is 0. The van der Waals surface area contributed by atoms with Crippen molar-refractivity contribution in [2.45, 2.75) is 46.0 Å². The number of rotatable bonds is 5. The van der Waals surface area contributed by atoms with Gasteiger partial charge in [-0.15, -0.1) is 0 Å². The molecule has 1 fully saturated rings. The van der Waals surface area contributed by atoms with Crippen molar-refractivity contribution < 1.29 is 0 Å². The van der Waals surface area contributed by atoms with E-state index in [4.69, 9.17) is 9.97 Å². The van der Waals surface area contributed by atoms with Gasteiger partial charge in [0.15, 0.2) is 5.82 Å². The second kappa shape index (κ2) is 5.84. The van der Waals surface area contributed by atoms with Crippen molar-refractivity contribution in [1.29, 1.82) is 0 Å². The van der Waals surface area contributed by atoms with Crippen LogP contribution in [-0.4, -0.2) is 16.5 Å². The van der Waals surface area contributed by atoms with E-state index in [-0.39, 0.29) is 0 Å². The maximum Gasteiger partial charge on any atom is 0.161 e. The molecule has 0 spiro atoms. The zero-order valence-electron chi connectivity index (χ0n) is 13.1. The molecule has 3 rings (SSSR count). The van der Waals surface area contributed by atoms with Crippen LogP contribution in [0.3, 0.4) is 0 Å². The highest BCUT2D eigenvalue weighted by Crippen LogP contribution is 2.40. The molecule has 1 aliphatic carbocycles. The molecule has 3 heteroatoms. The van der Waals surface area contributed by atoms with Crippen molar-refractivity contribution in [3.63, 3.8) is 0 Å². The first-order chi connectivity index (χ1) is 10.2. The van der Waals surface area contributed by atoms with Gasteiger partial charge in [0.2, 0.25) is 0 Å². The summed E-state index contributed by atoms with van der Waals surface area (Å²) in [5.74, 6) is 2.45. The minimum Gasteiger partial charge on any atom is -0.370 e. The fourth-order valence-electron chi connectivity index (χ4n) is 2.63. The molecule has 0 unspecified atom stereocenters. The van der Waals surface area contributed by atoms with Crippen LogP contribution < -0.4 is 5.32 Å². The van der Waals surface area contributed by atoms with E-state index >= 15 is 0 Å². The molecule has 0 aliphatic heterocycles. The molecule has 1 saturated carbocycles. The Labute approximate surface area is 126 Å². The van der Waals surface area contributed by atoms with Gasteiger partial charge in [0.1, 0.15) is 5.82 Å². The minimum absolute atomic E-state index is 0.639. The Balaban J connectivity index is 2.01. The number of nitrogens with zero attached hydrogens (tertiary/aromatic N) is 2. The lowest BCUT2D eigenvalue weighted by Gasteiger charge is -2.10. The van der Waals surface area contributed by atoms with Gasteiger partial charge in [-0.05, 0) is 45.2 Å². The number of anilines is 1. The molecule has 1 N–H and O–H groups in total. The largest absolute Gasteiger partial charge is 0.370 e. The smallest absolute Gasteiger partial charge is 0.161 e. The third kappa shape index (κ3) is 3.41. The predicted molar refractivity (Wildman–Crippen MR) is 87.7 cm³/mol. The first-order valence-electron chi connectivity index (χ1n) is 7.87. The number of hydrogen-bond donors (Lipinski definition) is 1. The monoisotopic (exact) mass is 281 g/mol. The fraction of sp³-hybridized carbons (Fsp3) is 0.444. The van der Waals surface area contributed by atoms with E-state index in [0.29, 0.717) is 5.92 Å². The van der Waals surface area contributed by atoms with Gasteiger partial charge in [0, 0.05) is 29.8 Å². The average molecular weight is 281 g/mol. The van der Waals surface area contributed by atoms with Crippen LogP contribution in [0.15, 0.2) is 24.3 Å². The van der Waals surface area contributed by atoms with Gasteiger partial charge < -0.3 is 5.32 Å². The summed E-state index contributed by atoms with van der Waals surface area (Å²) in [5, 5.41) is 3.41. The molecule has 0 amide bonds. The van der Waals surface area contributed by atoms with E-state index in [0.717, 1.165) is 30.2 Å². The van der Waals surface area contributed by atoms with Crippen LogP contribution in [-0.2, 0) is 0 Å². The van der Waals surface area contributed by atoms with Gasteiger partial charge in [-0.2, -0.15) is 0 Å². The first kappa shape index (κ1) is 14.1. The predicted octanol–water partition coefficient (Wildman–Crippen LogP) is 4.46. The van der Waals surface area contributed by atoms with Gasteiger partial charge in [-0.1, -0.05) is 24.1 Å². The zero-order chi connectivity index (χ0) is 14.8. The minimum atomic E-state index is 0.639. The van der Waals surface area contributed by atoms with Crippen molar-refractivity contribution in [1.82, 2.24) is 9.97 Å². The summed E-state index contributed by atoms with van der Waals surface area (Å²) in [4.78, 5) is 9.52. The van der Waals surface area contributed by atoms with E-state index in [1.165, 1.54) is 29.7 Å². The van der Waals surface area contributed by atoms with Crippen molar-refractivity contribution in [2.75, 3.05) is 11.9 Å². The third-order valence-corrected chi connectivity index (χ3v) is 3.78. The Kier molecular flexibility index (Phi) is 3.91. The first-order valence-corrected chi connectivity index (χ1v) is 7.87. The Morgan fingerprint density at radius 1 is 1.05 bits per heavy atom. The summed E-state index contributed by atoms with van der Waals surface area (Å²) in [5.41, 5.74) is 4.83. The summed E-state index contributed by atoms with van der Waals surface area (Å²) in [6, 6.07) is 8.65. The zero-order valence-corrected chi connectivity index (χ0v) is 13.1. The number of aromatic nitrogens is 2. The molecule has 0 bridgehead atoms. The molecule has 1 aromatic carbocycles. The van der Waals surface area contributed by atoms with E-state index in [1.54, 1.807) is 0 Å². The molecule has 2 aromatic rings.